The maximum atomic E-state index is 12.5. The van der Waals surface area contributed by atoms with E-state index in [1.165, 1.54) is 16.7 Å². The van der Waals surface area contributed by atoms with Gasteiger partial charge in [-0.1, -0.05) is 52.3 Å². The molecule has 1 aromatic carbocycles. The summed E-state index contributed by atoms with van der Waals surface area (Å²) in [5, 5.41) is 0. The highest BCUT2D eigenvalue weighted by molar-refractivity contribution is 5.68. The third-order valence-electron chi connectivity index (χ3n) is 4.58. The van der Waals surface area contributed by atoms with E-state index in [1.54, 1.807) is 0 Å². The summed E-state index contributed by atoms with van der Waals surface area (Å²) >= 11 is 0. The van der Waals surface area contributed by atoms with E-state index in [9.17, 15) is 4.79 Å². The molecular formula is C23H39NO2. The summed E-state index contributed by atoms with van der Waals surface area (Å²) in [7, 11) is 0. The Morgan fingerprint density at radius 1 is 1.12 bits per heavy atom. The predicted molar refractivity (Wildman–Crippen MR) is 111 cm³/mol. The van der Waals surface area contributed by atoms with E-state index >= 15 is 0 Å². The SMILES string of the molecule is CCCCN(CC(C)Cc1ccc(CC)c(CC)c1)C(=O)OC(C)(C)C. The predicted octanol–water partition coefficient (Wildman–Crippen LogP) is 6.03. The number of nitrogens with zero attached hydrogens (tertiary/aromatic N) is 1. The third kappa shape index (κ3) is 7.80. The van der Waals surface area contributed by atoms with Crippen molar-refractivity contribution in [2.75, 3.05) is 13.1 Å². The monoisotopic (exact) mass is 361 g/mol. The van der Waals surface area contributed by atoms with Crippen LogP contribution < -0.4 is 0 Å². The molecule has 3 heteroatoms. The lowest BCUT2D eigenvalue weighted by Gasteiger charge is -2.29. The van der Waals surface area contributed by atoms with Gasteiger partial charge >= 0.3 is 6.09 Å². The average molecular weight is 362 g/mol. The minimum atomic E-state index is -0.448. The van der Waals surface area contributed by atoms with Crippen LogP contribution in [0.2, 0.25) is 0 Å². The number of aryl methyl sites for hydroxylation is 2. The lowest BCUT2D eigenvalue weighted by Crippen LogP contribution is -2.40. The zero-order valence-corrected chi connectivity index (χ0v) is 18.0. The minimum Gasteiger partial charge on any atom is -0.444 e. The van der Waals surface area contributed by atoms with Gasteiger partial charge in [-0.3, -0.25) is 0 Å². The summed E-state index contributed by atoms with van der Waals surface area (Å²) in [6.45, 7) is 16.1. The molecule has 1 rings (SSSR count). The van der Waals surface area contributed by atoms with Gasteiger partial charge in [-0.2, -0.15) is 0 Å². The highest BCUT2D eigenvalue weighted by Gasteiger charge is 2.23. The van der Waals surface area contributed by atoms with Crippen LogP contribution in [0, 0.1) is 5.92 Å². The second-order valence-electron chi connectivity index (χ2n) is 8.40. The van der Waals surface area contributed by atoms with Gasteiger partial charge in [0, 0.05) is 13.1 Å². The second-order valence-corrected chi connectivity index (χ2v) is 8.40. The molecule has 0 N–H and O–H groups in total. The van der Waals surface area contributed by atoms with Gasteiger partial charge in [0.15, 0.2) is 0 Å². The van der Waals surface area contributed by atoms with Gasteiger partial charge in [0.2, 0.25) is 0 Å². The van der Waals surface area contributed by atoms with Crippen molar-refractivity contribution in [2.45, 2.75) is 86.2 Å². The molecule has 26 heavy (non-hydrogen) atoms. The van der Waals surface area contributed by atoms with Crippen LogP contribution in [0.25, 0.3) is 0 Å². The number of unbranched alkanes of at least 4 members (excludes halogenated alkanes) is 1. The zero-order chi connectivity index (χ0) is 19.7. The van der Waals surface area contributed by atoms with Crippen molar-refractivity contribution in [3.8, 4) is 0 Å². The molecule has 0 fully saturated rings. The smallest absolute Gasteiger partial charge is 0.410 e. The van der Waals surface area contributed by atoms with Crippen molar-refractivity contribution < 1.29 is 9.53 Å². The highest BCUT2D eigenvalue weighted by atomic mass is 16.6. The molecule has 1 aromatic rings. The first kappa shape index (κ1) is 22.5. The number of carbonyl (C=O) groups excluding carboxylic acids is 1. The fourth-order valence-corrected chi connectivity index (χ4v) is 3.26. The first-order chi connectivity index (χ1) is 12.2. The second kappa shape index (κ2) is 10.6. The van der Waals surface area contributed by atoms with E-state index in [4.69, 9.17) is 4.74 Å². The molecular weight excluding hydrogens is 322 g/mol. The Kier molecular flexibility index (Phi) is 9.18. The number of carbonyl (C=O) groups is 1. The fraction of sp³-hybridized carbons (Fsp3) is 0.696. The quantitative estimate of drug-likeness (QED) is 0.537. The molecule has 0 spiro atoms. The summed E-state index contributed by atoms with van der Waals surface area (Å²) in [4.78, 5) is 14.4. The summed E-state index contributed by atoms with van der Waals surface area (Å²) in [6.07, 6.45) is 5.05. The Balaban J connectivity index is 2.76. The molecule has 0 aliphatic rings. The van der Waals surface area contributed by atoms with E-state index in [-0.39, 0.29) is 6.09 Å². The Bertz CT molecular complexity index is 560. The van der Waals surface area contributed by atoms with Gasteiger partial charge in [0.25, 0.3) is 0 Å². The lowest BCUT2D eigenvalue weighted by atomic mass is 9.95. The van der Waals surface area contributed by atoms with Crippen molar-refractivity contribution in [1.82, 2.24) is 4.90 Å². The van der Waals surface area contributed by atoms with Crippen LogP contribution in [0.4, 0.5) is 4.79 Å². The summed E-state index contributed by atoms with van der Waals surface area (Å²) in [5.41, 5.74) is 3.82. The number of hydrogen-bond donors (Lipinski definition) is 0. The molecule has 1 amide bonds. The summed E-state index contributed by atoms with van der Waals surface area (Å²) < 4.78 is 5.60. The topological polar surface area (TPSA) is 29.5 Å². The largest absolute Gasteiger partial charge is 0.444 e. The van der Waals surface area contributed by atoms with Gasteiger partial charge < -0.3 is 9.64 Å². The Morgan fingerprint density at radius 2 is 1.77 bits per heavy atom. The number of rotatable bonds is 9. The molecule has 0 bridgehead atoms. The fourth-order valence-electron chi connectivity index (χ4n) is 3.26. The number of benzene rings is 1. The van der Waals surface area contributed by atoms with Gasteiger partial charge in [-0.05, 0) is 69.1 Å². The Morgan fingerprint density at radius 3 is 2.31 bits per heavy atom. The Labute approximate surface area is 161 Å². The summed E-state index contributed by atoms with van der Waals surface area (Å²) in [5.74, 6) is 0.400. The molecule has 3 nitrogen and oxygen atoms in total. The van der Waals surface area contributed by atoms with Crippen LogP contribution in [-0.2, 0) is 24.0 Å². The molecule has 0 heterocycles. The van der Waals surface area contributed by atoms with Crippen LogP contribution in [0.1, 0.15) is 78.0 Å². The van der Waals surface area contributed by atoms with Gasteiger partial charge in [0.1, 0.15) is 5.60 Å². The normalized spacial score (nSPS) is 12.7. The van der Waals surface area contributed by atoms with Crippen molar-refractivity contribution in [3.63, 3.8) is 0 Å². The molecule has 0 saturated heterocycles. The molecule has 148 valence electrons. The molecule has 1 unspecified atom stereocenters. The third-order valence-corrected chi connectivity index (χ3v) is 4.58. The first-order valence-corrected chi connectivity index (χ1v) is 10.3. The summed E-state index contributed by atoms with van der Waals surface area (Å²) in [6, 6.07) is 6.86. The van der Waals surface area contributed by atoms with Gasteiger partial charge in [0.05, 0.1) is 0 Å². The molecule has 0 radical (unpaired) electrons. The van der Waals surface area contributed by atoms with Gasteiger partial charge in [-0.15, -0.1) is 0 Å². The van der Waals surface area contributed by atoms with E-state index in [0.29, 0.717) is 5.92 Å². The van der Waals surface area contributed by atoms with E-state index in [1.807, 2.05) is 25.7 Å². The van der Waals surface area contributed by atoms with Crippen molar-refractivity contribution >= 4 is 6.09 Å². The van der Waals surface area contributed by atoms with Gasteiger partial charge in [-0.25, -0.2) is 4.79 Å². The highest BCUT2D eigenvalue weighted by Crippen LogP contribution is 2.18. The molecule has 1 atom stereocenters. The number of amides is 1. The maximum Gasteiger partial charge on any atom is 0.410 e. The zero-order valence-electron chi connectivity index (χ0n) is 18.0. The van der Waals surface area contributed by atoms with Crippen LogP contribution >= 0.6 is 0 Å². The van der Waals surface area contributed by atoms with Crippen LogP contribution in [-0.4, -0.2) is 29.7 Å². The molecule has 0 aliphatic heterocycles. The average Bonchev–Trinajstić information content (AvgIpc) is 2.56. The van der Waals surface area contributed by atoms with Crippen LogP contribution in [0.3, 0.4) is 0 Å². The molecule has 0 saturated carbocycles. The van der Waals surface area contributed by atoms with E-state index in [2.05, 4.69) is 45.9 Å². The van der Waals surface area contributed by atoms with Crippen molar-refractivity contribution in [2.24, 2.45) is 5.92 Å². The van der Waals surface area contributed by atoms with E-state index < -0.39 is 5.60 Å². The standard InChI is InChI=1S/C23H39NO2/c1-8-11-14-24(22(25)26-23(5,6)7)17-18(4)15-19-12-13-20(9-2)21(10-3)16-19/h12-13,16,18H,8-11,14-15,17H2,1-7H3. The lowest BCUT2D eigenvalue weighted by molar-refractivity contribution is 0.0222. The first-order valence-electron chi connectivity index (χ1n) is 10.3. The number of ether oxygens (including phenoxy) is 1. The van der Waals surface area contributed by atoms with Crippen molar-refractivity contribution in [1.29, 1.82) is 0 Å². The van der Waals surface area contributed by atoms with Crippen LogP contribution in [0.5, 0.6) is 0 Å². The van der Waals surface area contributed by atoms with Crippen molar-refractivity contribution in [3.05, 3.63) is 34.9 Å². The molecule has 0 aromatic heterocycles. The maximum absolute atomic E-state index is 12.5. The minimum absolute atomic E-state index is 0.187. The molecule has 0 aliphatic carbocycles. The Hall–Kier alpha value is -1.51. The number of hydrogen-bond acceptors (Lipinski definition) is 2. The van der Waals surface area contributed by atoms with E-state index in [0.717, 1.165) is 45.2 Å². The van der Waals surface area contributed by atoms with Crippen LogP contribution in [0.15, 0.2) is 18.2 Å².